The molecule has 140 valence electrons. The Morgan fingerprint density at radius 1 is 1.30 bits per heavy atom. The van der Waals surface area contributed by atoms with Crippen LogP contribution in [0.2, 0.25) is 0 Å². The molecule has 1 atom stereocenters. The number of likely N-dealkylation sites (N-methyl/N-ethyl adjacent to an activating group) is 2. The summed E-state index contributed by atoms with van der Waals surface area (Å²) in [5.74, 6) is 0.387. The summed E-state index contributed by atoms with van der Waals surface area (Å²) in [5.41, 5.74) is 2.28. The first-order valence-electron chi connectivity index (χ1n) is 9.09. The molecule has 1 aliphatic heterocycles. The molecule has 27 heavy (non-hydrogen) atoms. The molecule has 0 aliphatic carbocycles. The van der Waals surface area contributed by atoms with Crippen molar-refractivity contribution in [3.8, 4) is 5.75 Å². The van der Waals surface area contributed by atoms with Crippen LogP contribution < -0.4 is 9.64 Å². The van der Waals surface area contributed by atoms with Gasteiger partial charge in [-0.15, -0.1) is 0 Å². The SMILES string of the molecule is CCN1C[C@H](CN(C)C(=O)c2cc3cc(F)ccc3[nH]2)Oc2ccccc21. The van der Waals surface area contributed by atoms with E-state index >= 15 is 0 Å². The van der Waals surface area contributed by atoms with E-state index in [-0.39, 0.29) is 17.8 Å². The van der Waals surface area contributed by atoms with Crippen LogP contribution in [-0.4, -0.2) is 48.6 Å². The van der Waals surface area contributed by atoms with Crippen LogP contribution in [-0.2, 0) is 0 Å². The van der Waals surface area contributed by atoms with Crippen molar-refractivity contribution in [2.45, 2.75) is 13.0 Å². The lowest BCUT2D eigenvalue weighted by Crippen LogP contribution is -2.46. The zero-order valence-corrected chi connectivity index (χ0v) is 15.4. The summed E-state index contributed by atoms with van der Waals surface area (Å²) < 4.78 is 19.5. The second-order valence-electron chi connectivity index (χ2n) is 6.85. The number of halogens is 1. The van der Waals surface area contributed by atoms with Crippen LogP contribution in [0.4, 0.5) is 10.1 Å². The highest BCUT2D eigenvalue weighted by molar-refractivity contribution is 5.97. The van der Waals surface area contributed by atoms with Crippen molar-refractivity contribution < 1.29 is 13.9 Å². The topological polar surface area (TPSA) is 48.6 Å². The fraction of sp³-hybridized carbons (Fsp3) is 0.286. The summed E-state index contributed by atoms with van der Waals surface area (Å²) in [6.45, 7) is 4.18. The molecular formula is C21H22FN3O2. The molecule has 5 nitrogen and oxygen atoms in total. The van der Waals surface area contributed by atoms with Gasteiger partial charge in [0.15, 0.2) is 0 Å². The first-order valence-corrected chi connectivity index (χ1v) is 9.09. The van der Waals surface area contributed by atoms with Gasteiger partial charge in [0, 0.05) is 24.5 Å². The molecule has 3 aromatic rings. The molecule has 0 unspecified atom stereocenters. The van der Waals surface area contributed by atoms with Gasteiger partial charge in [0.1, 0.15) is 23.4 Å². The zero-order chi connectivity index (χ0) is 19.0. The minimum Gasteiger partial charge on any atom is -0.485 e. The van der Waals surface area contributed by atoms with Gasteiger partial charge in [0.2, 0.25) is 0 Å². The van der Waals surface area contributed by atoms with Crippen molar-refractivity contribution in [1.82, 2.24) is 9.88 Å². The van der Waals surface area contributed by atoms with Gasteiger partial charge in [0.05, 0.1) is 18.8 Å². The third kappa shape index (κ3) is 3.35. The van der Waals surface area contributed by atoms with E-state index in [4.69, 9.17) is 4.74 Å². The second-order valence-corrected chi connectivity index (χ2v) is 6.85. The maximum absolute atomic E-state index is 13.4. The summed E-state index contributed by atoms with van der Waals surface area (Å²) >= 11 is 0. The van der Waals surface area contributed by atoms with Gasteiger partial charge in [-0.05, 0) is 43.3 Å². The second kappa shape index (κ2) is 6.95. The van der Waals surface area contributed by atoms with E-state index in [2.05, 4.69) is 16.8 Å². The lowest BCUT2D eigenvalue weighted by atomic mass is 10.1. The number of hydrogen-bond donors (Lipinski definition) is 1. The monoisotopic (exact) mass is 367 g/mol. The number of nitrogens with zero attached hydrogens (tertiary/aromatic N) is 2. The zero-order valence-electron chi connectivity index (χ0n) is 15.4. The maximum Gasteiger partial charge on any atom is 0.270 e. The highest BCUT2D eigenvalue weighted by atomic mass is 19.1. The number of anilines is 1. The average Bonchev–Trinajstić information content (AvgIpc) is 3.09. The Hall–Kier alpha value is -3.02. The summed E-state index contributed by atoms with van der Waals surface area (Å²) in [6.07, 6.45) is -0.115. The molecule has 1 amide bonds. The van der Waals surface area contributed by atoms with Crippen molar-refractivity contribution in [3.05, 3.63) is 60.0 Å². The van der Waals surface area contributed by atoms with Gasteiger partial charge in [-0.2, -0.15) is 0 Å². The molecule has 0 spiro atoms. The summed E-state index contributed by atoms with van der Waals surface area (Å²) in [6, 6.07) is 14.1. The Morgan fingerprint density at radius 3 is 2.93 bits per heavy atom. The molecule has 0 fully saturated rings. The van der Waals surface area contributed by atoms with Gasteiger partial charge >= 0.3 is 0 Å². The predicted molar refractivity (Wildman–Crippen MR) is 104 cm³/mol. The van der Waals surface area contributed by atoms with Gasteiger partial charge in [0.25, 0.3) is 5.91 Å². The average molecular weight is 367 g/mol. The normalized spacial score (nSPS) is 16.1. The van der Waals surface area contributed by atoms with Gasteiger partial charge in [-0.1, -0.05) is 12.1 Å². The van der Waals surface area contributed by atoms with Crippen molar-refractivity contribution in [3.63, 3.8) is 0 Å². The molecule has 0 radical (unpaired) electrons. The number of ether oxygens (including phenoxy) is 1. The highest BCUT2D eigenvalue weighted by Gasteiger charge is 2.27. The number of aromatic nitrogens is 1. The van der Waals surface area contributed by atoms with Crippen molar-refractivity contribution in [2.75, 3.05) is 31.6 Å². The number of benzene rings is 2. The highest BCUT2D eigenvalue weighted by Crippen LogP contribution is 2.33. The lowest BCUT2D eigenvalue weighted by molar-refractivity contribution is 0.0705. The molecule has 0 saturated heterocycles. The van der Waals surface area contributed by atoms with E-state index in [1.54, 1.807) is 24.1 Å². The number of rotatable bonds is 4. The van der Waals surface area contributed by atoms with E-state index in [9.17, 15) is 9.18 Å². The minimum atomic E-state index is -0.317. The number of hydrogen-bond acceptors (Lipinski definition) is 3. The maximum atomic E-state index is 13.4. The predicted octanol–water partition coefficient (Wildman–Crippen LogP) is 3.67. The molecule has 1 aromatic heterocycles. The van der Waals surface area contributed by atoms with Crippen molar-refractivity contribution in [2.24, 2.45) is 0 Å². The fourth-order valence-corrected chi connectivity index (χ4v) is 3.59. The van der Waals surface area contributed by atoms with E-state index in [0.717, 1.165) is 30.0 Å². The Bertz CT molecular complexity index is 984. The van der Waals surface area contributed by atoms with Crippen LogP contribution >= 0.6 is 0 Å². The smallest absolute Gasteiger partial charge is 0.270 e. The number of aromatic amines is 1. The fourth-order valence-electron chi connectivity index (χ4n) is 3.59. The van der Waals surface area contributed by atoms with Gasteiger partial charge < -0.3 is 19.5 Å². The standard InChI is InChI=1S/C21H22FN3O2/c1-3-25-13-16(27-20-7-5-4-6-19(20)25)12-24(2)21(26)18-11-14-10-15(22)8-9-17(14)23-18/h4-11,16,23H,3,12-13H2,1-2H3/t16-/m0/s1. The number of fused-ring (bicyclic) bond motifs is 2. The van der Waals surface area contributed by atoms with Crippen molar-refractivity contribution >= 4 is 22.5 Å². The Morgan fingerprint density at radius 2 is 2.11 bits per heavy atom. The molecular weight excluding hydrogens is 345 g/mol. The first kappa shape index (κ1) is 17.4. The summed E-state index contributed by atoms with van der Waals surface area (Å²) in [7, 11) is 1.76. The van der Waals surface area contributed by atoms with Crippen LogP contribution in [0, 0.1) is 5.82 Å². The van der Waals surface area contributed by atoms with Gasteiger partial charge in [-0.25, -0.2) is 4.39 Å². The van der Waals surface area contributed by atoms with Gasteiger partial charge in [-0.3, -0.25) is 4.79 Å². The molecule has 0 saturated carbocycles. The Balaban J connectivity index is 1.49. The third-order valence-corrected chi connectivity index (χ3v) is 4.94. The van der Waals surface area contributed by atoms with E-state index in [1.807, 2.05) is 24.3 Å². The Kier molecular flexibility index (Phi) is 4.48. The van der Waals surface area contributed by atoms with Crippen LogP contribution in [0.1, 0.15) is 17.4 Å². The first-order chi connectivity index (χ1) is 13.0. The Labute approximate surface area is 157 Å². The molecule has 1 N–H and O–H groups in total. The van der Waals surface area contributed by atoms with Crippen molar-refractivity contribution in [1.29, 1.82) is 0 Å². The largest absolute Gasteiger partial charge is 0.485 e. The number of H-pyrrole nitrogens is 1. The molecule has 0 bridgehead atoms. The van der Waals surface area contributed by atoms with E-state index in [1.165, 1.54) is 12.1 Å². The number of para-hydroxylation sites is 2. The van der Waals surface area contributed by atoms with Crippen LogP contribution in [0.25, 0.3) is 10.9 Å². The molecule has 2 aromatic carbocycles. The lowest BCUT2D eigenvalue weighted by Gasteiger charge is -2.37. The quantitative estimate of drug-likeness (QED) is 0.765. The third-order valence-electron chi connectivity index (χ3n) is 4.94. The molecule has 1 aliphatic rings. The molecule has 2 heterocycles. The molecule has 4 rings (SSSR count). The van der Waals surface area contributed by atoms with Crippen LogP contribution in [0.3, 0.4) is 0 Å². The number of nitrogens with one attached hydrogen (secondary N) is 1. The number of carbonyl (C=O) groups excluding carboxylic acids is 1. The van der Waals surface area contributed by atoms with Crippen LogP contribution in [0.5, 0.6) is 5.75 Å². The number of amides is 1. The summed E-state index contributed by atoms with van der Waals surface area (Å²) in [4.78, 5) is 19.8. The minimum absolute atomic E-state index is 0.115. The molecule has 6 heteroatoms. The summed E-state index contributed by atoms with van der Waals surface area (Å²) in [5, 5.41) is 0.687. The number of carbonyl (C=O) groups is 1. The van der Waals surface area contributed by atoms with Crippen LogP contribution in [0.15, 0.2) is 48.5 Å². The van der Waals surface area contributed by atoms with E-state index < -0.39 is 0 Å². The van der Waals surface area contributed by atoms with E-state index in [0.29, 0.717) is 17.6 Å².